The molecule has 22 heavy (non-hydrogen) atoms. The van der Waals surface area contributed by atoms with Crippen molar-refractivity contribution in [2.24, 2.45) is 0 Å². The summed E-state index contributed by atoms with van der Waals surface area (Å²) in [5.41, 5.74) is 1.92. The van der Waals surface area contributed by atoms with Gasteiger partial charge in [-0.1, -0.05) is 18.2 Å². The second-order valence-corrected chi connectivity index (χ2v) is 5.31. The predicted molar refractivity (Wildman–Crippen MR) is 86.3 cm³/mol. The summed E-state index contributed by atoms with van der Waals surface area (Å²) in [6.45, 7) is 4.90. The Morgan fingerprint density at radius 1 is 1.09 bits per heavy atom. The number of aromatic nitrogens is 2. The fraction of sp³-hybridized carbons (Fsp3) is 0.312. The Balaban J connectivity index is 1.77. The van der Waals surface area contributed by atoms with Gasteiger partial charge in [0, 0.05) is 43.6 Å². The Bertz CT molecular complexity index is 638. The van der Waals surface area contributed by atoms with Crippen LogP contribution in [0.1, 0.15) is 5.69 Å². The summed E-state index contributed by atoms with van der Waals surface area (Å²) >= 11 is 0. The number of aryl methyl sites for hydroxylation is 1. The van der Waals surface area contributed by atoms with E-state index in [9.17, 15) is 4.79 Å². The van der Waals surface area contributed by atoms with Crippen LogP contribution in [0.5, 0.6) is 0 Å². The average molecular weight is 297 g/mol. The molecule has 3 rings (SSSR count). The molecule has 2 aromatic rings. The lowest BCUT2D eigenvalue weighted by Crippen LogP contribution is -2.46. The molecule has 0 bridgehead atoms. The molecule has 6 nitrogen and oxygen atoms in total. The van der Waals surface area contributed by atoms with Crippen LogP contribution in [0.25, 0.3) is 0 Å². The van der Waals surface area contributed by atoms with Crippen LogP contribution in [-0.4, -0.2) is 47.5 Å². The van der Waals surface area contributed by atoms with Crippen molar-refractivity contribution < 1.29 is 4.79 Å². The van der Waals surface area contributed by atoms with Crippen LogP contribution in [-0.2, 0) is 4.79 Å². The molecule has 6 heteroatoms. The number of para-hydroxylation sites is 1. The highest BCUT2D eigenvalue weighted by Crippen LogP contribution is 2.19. The number of nitrogens with zero attached hydrogens (tertiary/aromatic N) is 4. The molecule has 1 amide bonds. The van der Waals surface area contributed by atoms with E-state index in [0.717, 1.165) is 36.7 Å². The molecule has 0 unspecified atom stereocenters. The number of carbonyl (C=O) groups excluding carboxylic acids is 1. The van der Waals surface area contributed by atoms with Gasteiger partial charge in [-0.2, -0.15) is 4.98 Å². The van der Waals surface area contributed by atoms with Gasteiger partial charge in [0.1, 0.15) is 5.82 Å². The third kappa shape index (κ3) is 3.33. The first-order chi connectivity index (χ1) is 10.7. The molecule has 0 atom stereocenters. The van der Waals surface area contributed by atoms with E-state index in [1.165, 1.54) is 0 Å². The Labute approximate surface area is 129 Å². The van der Waals surface area contributed by atoms with Crippen LogP contribution >= 0.6 is 0 Å². The number of amides is 1. The number of benzene rings is 1. The smallest absolute Gasteiger partial charge is 0.227 e. The number of nitrogens with one attached hydrogen (secondary N) is 1. The molecule has 0 aliphatic carbocycles. The van der Waals surface area contributed by atoms with Crippen LogP contribution in [0, 0.1) is 6.92 Å². The summed E-state index contributed by atoms with van der Waals surface area (Å²) in [6.07, 6.45) is 0.900. The lowest BCUT2D eigenvalue weighted by Gasteiger charge is -2.32. The summed E-state index contributed by atoms with van der Waals surface area (Å²) in [7, 11) is 0. The van der Waals surface area contributed by atoms with Gasteiger partial charge in [-0.25, -0.2) is 4.98 Å². The minimum Gasteiger partial charge on any atom is -0.342 e. The van der Waals surface area contributed by atoms with Crippen LogP contribution in [0.2, 0.25) is 0 Å². The van der Waals surface area contributed by atoms with E-state index >= 15 is 0 Å². The molecule has 1 aliphatic rings. The van der Waals surface area contributed by atoms with Crippen LogP contribution < -0.4 is 10.2 Å². The summed E-state index contributed by atoms with van der Waals surface area (Å²) in [5.74, 6) is 1.50. The highest BCUT2D eigenvalue weighted by molar-refractivity contribution is 5.57. The van der Waals surface area contributed by atoms with Crippen molar-refractivity contribution in [1.29, 1.82) is 0 Å². The number of rotatable bonds is 4. The third-order valence-electron chi connectivity index (χ3n) is 3.63. The summed E-state index contributed by atoms with van der Waals surface area (Å²) in [5, 5.41) is 3.30. The van der Waals surface area contributed by atoms with E-state index in [1.54, 1.807) is 4.90 Å². The number of piperazine rings is 1. The predicted octanol–water partition coefficient (Wildman–Crippen LogP) is 1.81. The fourth-order valence-electron chi connectivity index (χ4n) is 2.46. The van der Waals surface area contributed by atoms with Gasteiger partial charge in [-0.15, -0.1) is 0 Å². The molecule has 1 N–H and O–H groups in total. The van der Waals surface area contributed by atoms with Gasteiger partial charge >= 0.3 is 0 Å². The van der Waals surface area contributed by atoms with Crippen molar-refractivity contribution in [2.75, 3.05) is 36.4 Å². The van der Waals surface area contributed by atoms with Crippen molar-refractivity contribution in [3.8, 4) is 0 Å². The van der Waals surface area contributed by atoms with Crippen molar-refractivity contribution in [2.45, 2.75) is 6.92 Å². The molecule has 0 saturated carbocycles. The average Bonchev–Trinajstić information content (AvgIpc) is 2.55. The maximum atomic E-state index is 10.8. The number of anilines is 3. The zero-order valence-corrected chi connectivity index (χ0v) is 12.6. The monoisotopic (exact) mass is 297 g/mol. The van der Waals surface area contributed by atoms with Gasteiger partial charge in [-0.3, -0.25) is 4.79 Å². The van der Waals surface area contributed by atoms with Crippen molar-refractivity contribution in [1.82, 2.24) is 14.9 Å². The quantitative estimate of drug-likeness (QED) is 0.872. The largest absolute Gasteiger partial charge is 0.342 e. The van der Waals surface area contributed by atoms with Gasteiger partial charge in [0.2, 0.25) is 12.4 Å². The van der Waals surface area contributed by atoms with E-state index < -0.39 is 0 Å². The second-order valence-electron chi connectivity index (χ2n) is 5.31. The highest BCUT2D eigenvalue weighted by atomic mass is 16.1. The van der Waals surface area contributed by atoms with E-state index in [2.05, 4.69) is 20.2 Å². The summed E-state index contributed by atoms with van der Waals surface area (Å²) in [4.78, 5) is 23.8. The molecule has 0 spiro atoms. The van der Waals surface area contributed by atoms with E-state index in [1.807, 2.05) is 43.3 Å². The second kappa shape index (κ2) is 6.43. The first kappa shape index (κ1) is 14.3. The van der Waals surface area contributed by atoms with Crippen LogP contribution in [0.15, 0.2) is 36.4 Å². The van der Waals surface area contributed by atoms with Gasteiger partial charge in [0.15, 0.2) is 0 Å². The van der Waals surface area contributed by atoms with Crippen molar-refractivity contribution in [3.05, 3.63) is 42.1 Å². The van der Waals surface area contributed by atoms with E-state index in [4.69, 9.17) is 0 Å². The molecule has 114 valence electrons. The zero-order chi connectivity index (χ0) is 15.4. The number of hydrogen-bond acceptors (Lipinski definition) is 5. The maximum absolute atomic E-state index is 10.8. The molecular formula is C16H19N5O. The molecule has 0 radical (unpaired) electrons. The van der Waals surface area contributed by atoms with Gasteiger partial charge < -0.3 is 15.1 Å². The Morgan fingerprint density at radius 3 is 2.50 bits per heavy atom. The lowest BCUT2D eigenvalue weighted by atomic mass is 10.3. The van der Waals surface area contributed by atoms with Gasteiger partial charge in [0.05, 0.1) is 0 Å². The molecule has 1 saturated heterocycles. The zero-order valence-electron chi connectivity index (χ0n) is 12.6. The lowest BCUT2D eigenvalue weighted by molar-refractivity contribution is -0.118. The summed E-state index contributed by atoms with van der Waals surface area (Å²) in [6, 6.07) is 11.9. The highest BCUT2D eigenvalue weighted by Gasteiger charge is 2.18. The molecule has 1 aliphatic heterocycles. The SMILES string of the molecule is Cc1cc(Nc2ccccc2)nc(N2CCN(C=O)CC2)n1. The fourth-order valence-corrected chi connectivity index (χ4v) is 2.46. The summed E-state index contributed by atoms with van der Waals surface area (Å²) < 4.78 is 0. The van der Waals surface area contributed by atoms with Gasteiger partial charge in [-0.05, 0) is 19.1 Å². The molecule has 1 aromatic carbocycles. The van der Waals surface area contributed by atoms with Crippen LogP contribution in [0.4, 0.5) is 17.5 Å². The van der Waals surface area contributed by atoms with Crippen LogP contribution in [0.3, 0.4) is 0 Å². The number of hydrogen-bond donors (Lipinski definition) is 1. The Kier molecular flexibility index (Phi) is 4.18. The standard InChI is InChI=1S/C16H19N5O/c1-13-11-15(18-14-5-3-2-4-6-14)19-16(17-13)21-9-7-20(12-22)8-10-21/h2-6,11-12H,7-10H2,1H3,(H,17,18,19). The minimum absolute atomic E-state index is 0.711. The number of carbonyl (C=O) groups is 1. The maximum Gasteiger partial charge on any atom is 0.227 e. The molecule has 1 aromatic heterocycles. The minimum atomic E-state index is 0.711. The first-order valence-electron chi connectivity index (χ1n) is 7.36. The van der Waals surface area contributed by atoms with Crippen molar-refractivity contribution in [3.63, 3.8) is 0 Å². The van der Waals surface area contributed by atoms with Gasteiger partial charge in [0.25, 0.3) is 0 Å². The van der Waals surface area contributed by atoms with Crippen molar-refractivity contribution >= 4 is 23.9 Å². The first-order valence-corrected chi connectivity index (χ1v) is 7.36. The van der Waals surface area contributed by atoms with E-state index in [-0.39, 0.29) is 0 Å². The molecule has 1 fully saturated rings. The molecular weight excluding hydrogens is 278 g/mol. The third-order valence-corrected chi connectivity index (χ3v) is 3.63. The Morgan fingerprint density at radius 2 is 1.82 bits per heavy atom. The topological polar surface area (TPSA) is 61.4 Å². The molecule has 2 heterocycles. The van der Waals surface area contributed by atoms with E-state index in [0.29, 0.717) is 19.0 Å². The normalized spacial score (nSPS) is 14.8. The Hall–Kier alpha value is -2.63.